The first-order valence-electron chi connectivity index (χ1n) is 21.9. The van der Waals surface area contributed by atoms with Crippen molar-refractivity contribution in [2.75, 3.05) is 91.8 Å². The maximum absolute atomic E-state index is 13.8. The van der Waals surface area contributed by atoms with E-state index in [1.807, 2.05) is 106 Å². The standard InChI is InChI=1S/C47H65N7O9/c1-4-61-45(58)39(30-36-16-10-7-11-17-36)49-42(55)33-52-24-22-48-23-25-53(34-43(56)50-40(46(59)62-5-2)31-37-18-12-8-13-19-37)27-29-54(28-26-52)35-44(57)51-41(47(60)63-6-3)32-38-20-14-9-15-21-38/h7-21,39-41,48H,4-6,22-35H2,1-3H3,(H,49,55)(H,50,56)(H,51,57)/t39-,40-,41-/m0/s1. The smallest absolute Gasteiger partial charge is 0.328 e. The summed E-state index contributed by atoms with van der Waals surface area (Å²) < 4.78 is 15.9. The Morgan fingerprint density at radius 2 is 0.730 bits per heavy atom. The van der Waals surface area contributed by atoms with Gasteiger partial charge in [0.05, 0.1) is 39.5 Å². The van der Waals surface area contributed by atoms with Crippen LogP contribution in [0.15, 0.2) is 91.0 Å². The average molecular weight is 872 g/mol. The van der Waals surface area contributed by atoms with Crippen LogP contribution in [-0.2, 0) is 62.2 Å². The second kappa shape index (κ2) is 28.1. The molecule has 1 aliphatic heterocycles. The summed E-state index contributed by atoms with van der Waals surface area (Å²) in [5, 5.41) is 12.1. The van der Waals surface area contributed by atoms with Gasteiger partial charge in [-0.2, -0.15) is 0 Å². The van der Waals surface area contributed by atoms with Crippen LogP contribution >= 0.6 is 0 Å². The van der Waals surface area contributed by atoms with Crippen molar-refractivity contribution in [1.29, 1.82) is 0 Å². The fourth-order valence-electron chi connectivity index (χ4n) is 7.16. The zero-order valence-electron chi connectivity index (χ0n) is 36.9. The molecule has 63 heavy (non-hydrogen) atoms. The van der Waals surface area contributed by atoms with Crippen molar-refractivity contribution in [3.8, 4) is 0 Å². The lowest BCUT2D eigenvalue weighted by molar-refractivity contribution is -0.148. The zero-order valence-corrected chi connectivity index (χ0v) is 36.9. The molecule has 0 radical (unpaired) electrons. The number of ether oxygens (including phenoxy) is 3. The van der Waals surface area contributed by atoms with Gasteiger partial charge in [-0.05, 0) is 37.5 Å². The largest absolute Gasteiger partial charge is 0.464 e. The molecule has 0 aromatic heterocycles. The van der Waals surface area contributed by atoms with Gasteiger partial charge in [0, 0.05) is 71.6 Å². The molecule has 0 spiro atoms. The molecule has 3 aromatic rings. The molecule has 16 heteroatoms. The molecule has 3 aromatic carbocycles. The van der Waals surface area contributed by atoms with Crippen molar-refractivity contribution < 1.29 is 43.0 Å². The van der Waals surface area contributed by atoms with Crippen molar-refractivity contribution in [2.24, 2.45) is 0 Å². The molecule has 1 saturated heterocycles. The summed E-state index contributed by atoms with van der Waals surface area (Å²) in [5.74, 6) is -2.63. The molecule has 342 valence electrons. The molecule has 4 N–H and O–H groups in total. The first-order valence-corrected chi connectivity index (χ1v) is 21.9. The van der Waals surface area contributed by atoms with Crippen LogP contribution in [0.2, 0.25) is 0 Å². The van der Waals surface area contributed by atoms with E-state index < -0.39 is 36.0 Å². The molecule has 1 aliphatic rings. The molecule has 1 heterocycles. The molecule has 1 fully saturated rings. The summed E-state index contributed by atoms with van der Waals surface area (Å²) in [7, 11) is 0. The van der Waals surface area contributed by atoms with E-state index in [1.165, 1.54) is 0 Å². The minimum atomic E-state index is -0.912. The predicted molar refractivity (Wildman–Crippen MR) is 238 cm³/mol. The van der Waals surface area contributed by atoms with E-state index >= 15 is 0 Å². The Labute approximate surface area is 371 Å². The highest BCUT2D eigenvalue weighted by molar-refractivity contribution is 5.87. The van der Waals surface area contributed by atoms with Crippen molar-refractivity contribution in [3.63, 3.8) is 0 Å². The number of nitrogens with zero attached hydrogens (tertiary/aromatic N) is 3. The molecule has 4 rings (SSSR count). The van der Waals surface area contributed by atoms with Gasteiger partial charge in [-0.15, -0.1) is 0 Å². The Bertz CT molecular complexity index is 1760. The molecule has 3 atom stereocenters. The third kappa shape index (κ3) is 19.1. The van der Waals surface area contributed by atoms with E-state index in [-0.39, 0.29) is 76.4 Å². The third-order valence-corrected chi connectivity index (χ3v) is 10.3. The van der Waals surface area contributed by atoms with E-state index in [0.717, 1.165) is 16.7 Å². The summed E-state index contributed by atoms with van der Waals surface area (Å²) in [6.07, 6.45) is 0.800. The lowest BCUT2D eigenvalue weighted by Crippen LogP contribution is -2.53. The maximum Gasteiger partial charge on any atom is 0.328 e. The lowest BCUT2D eigenvalue weighted by atomic mass is 10.1. The SMILES string of the molecule is CCOC(=O)[C@H](Cc1ccccc1)NC(=O)CN1CCNCCN(CC(=O)N[C@@H](Cc2ccccc2)C(=O)OCC)CCN(CC(=O)N[C@@H](Cc2ccccc2)C(=O)OCC)CC1. The monoisotopic (exact) mass is 871 g/mol. The molecule has 0 saturated carbocycles. The minimum Gasteiger partial charge on any atom is -0.464 e. The van der Waals surface area contributed by atoms with Gasteiger partial charge in [0.25, 0.3) is 0 Å². The van der Waals surface area contributed by atoms with Gasteiger partial charge in [-0.3, -0.25) is 29.1 Å². The molecule has 3 amide bonds. The maximum atomic E-state index is 13.8. The Balaban J connectivity index is 1.48. The minimum absolute atomic E-state index is 0.00860. The van der Waals surface area contributed by atoms with Gasteiger partial charge in [0.15, 0.2) is 0 Å². The van der Waals surface area contributed by atoms with Crippen molar-refractivity contribution >= 4 is 35.6 Å². The van der Waals surface area contributed by atoms with Crippen molar-refractivity contribution in [2.45, 2.75) is 58.2 Å². The summed E-state index contributed by atoms with van der Waals surface area (Å²) in [4.78, 5) is 85.7. The number of amides is 3. The molecule has 0 aliphatic carbocycles. The van der Waals surface area contributed by atoms with Gasteiger partial charge in [0.2, 0.25) is 17.7 Å². The van der Waals surface area contributed by atoms with Crippen LogP contribution in [0, 0.1) is 0 Å². The normalized spacial score (nSPS) is 15.9. The Morgan fingerprint density at radius 3 is 1.00 bits per heavy atom. The summed E-state index contributed by atoms with van der Waals surface area (Å²) >= 11 is 0. The fraction of sp³-hybridized carbons (Fsp3) is 0.489. The van der Waals surface area contributed by atoms with Crippen LogP contribution in [-0.4, -0.2) is 160 Å². The number of benzene rings is 3. The van der Waals surface area contributed by atoms with Crippen molar-refractivity contribution in [3.05, 3.63) is 108 Å². The first-order chi connectivity index (χ1) is 30.6. The lowest BCUT2D eigenvalue weighted by Gasteiger charge is -2.31. The molecule has 0 unspecified atom stereocenters. The van der Waals surface area contributed by atoms with Crippen LogP contribution < -0.4 is 21.3 Å². The number of esters is 3. The Hall–Kier alpha value is -5.68. The topological polar surface area (TPSA) is 188 Å². The quantitative estimate of drug-likeness (QED) is 0.0890. The summed E-state index contributed by atoms with van der Waals surface area (Å²) in [6, 6.07) is 25.5. The number of nitrogens with one attached hydrogen (secondary N) is 4. The number of hydrogen-bond acceptors (Lipinski definition) is 13. The van der Waals surface area contributed by atoms with E-state index in [1.54, 1.807) is 20.8 Å². The summed E-state index contributed by atoms with van der Waals surface area (Å²) in [5.41, 5.74) is 2.63. The highest BCUT2D eigenvalue weighted by Crippen LogP contribution is 2.09. The second-order valence-corrected chi connectivity index (χ2v) is 15.3. The Kier molecular flexibility index (Phi) is 22.3. The number of rotatable bonds is 21. The van der Waals surface area contributed by atoms with E-state index in [0.29, 0.717) is 52.4 Å². The van der Waals surface area contributed by atoms with Crippen molar-refractivity contribution in [1.82, 2.24) is 36.0 Å². The predicted octanol–water partition coefficient (Wildman–Crippen LogP) is 1.37. The van der Waals surface area contributed by atoms with Crippen LogP contribution in [0.5, 0.6) is 0 Å². The van der Waals surface area contributed by atoms with Gasteiger partial charge in [-0.1, -0.05) is 91.0 Å². The van der Waals surface area contributed by atoms with Crippen LogP contribution in [0.3, 0.4) is 0 Å². The number of carbonyl (C=O) groups excluding carboxylic acids is 6. The van der Waals surface area contributed by atoms with E-state index in [9.17, 15) is 28.8 Å². The van der Waals surface area contributed by atoms with Crippen LogP contribution in [0.25, 0.3) is 0 Å². The Morgan fingerprint density at radius 1 is 0.460 bits per heavy atom. The highest BCUT2D eigenvalue weighted by atomic mass is 16.5. The first kappa shape index (κ1) is 50.0. The van der Waals surface area contributed by atoms with Crippen LogP contribution in [0.1, 0.15) is 37.5 Å². The number of carbonyl (C=O) groups is 6. The molecular formula is C47H65N7O9. The van der Waals surface area contributed by atoms with Gasteiger partial charge in [-0.25, -0.2) is 14.4 Å². The van der Waals surface area contributed by atoms with Gasteiger partial charge in [0.1, 0.15) is 18.1 Å². The van der Waals surface area contributed by atoms with E-state index in [2.05, 4.69) is 21.3 Å². The average Bonchev–Trinajstić information content (AvgIpc) is 3.27. The second-order valence-electron chi connectivity index (χ2n) is 15.3. The van der Waals surface area contributed by atoms with Gasteiger partial charge < -0.3 is 35.5 Å². The highest BCUT2D eigenvalue weighted by Gasteiger charge is 2.28. The molecule has 0 bridgehead atoms. The molecule has 16 nitrogen and oxygen atoms in total. The zero-order chi connectivity index (χ0) is 45.2. The third-order valence-electron chi connectivity index (χ3n) is 10.3. The molecular weight excluding hydrogens is 807 g/mol. The van der Waals surface area contributed by atoms with Crippen LogP contribution in [0.4, 0.5) is 0 Å². The fourth-order valence-corrected chi connectivity index (χ4v) is 7.16. The number of hydrogen-bond donors (Lipinski definition) is 4. The van der Waals surface area contributed by atoms with Gasteiger partial charge >= 0.3 is 17.9 Å². The van der Waals surface area contributed by atoms with E-state index in [4.69, 9.17) is 14.2 Å². The summed E-state index contributed by atoms with van der Waals surface area (Å²) in [6.45, 7) is 9.04.